The lowest BCUT2D eigenvalue weighted by atomic mass is 10.0. The number of fused-ring (bicyclic) bond motifs is 1. The maximum Gasteiger partial charge on any atom is 0.273 e. The highest BCUT2D eigenvalue weighted by Crippen LogP contribution is 2.37. The lowest BCUT2D eigenvalue weighted by molar-refractivity contribution is 0.0691. The van der Waals surface area contributed by atoms with Gasteiger partial charge in [-0.3, -0.25) is 4.79 Å². The van der Waals surface area contributed by atoms with E-state index in [2.05, 4.69) is 9.55 Å². The first-order chi connectivity index (χ1) is 16.5. The molecule has 1 aliphatic heterocycles. The number of benzene rings is 2. The Bertz CT molecular complexity index is 1360. The van der Waals surface area contributed by atoms with Crippen LogP contribution in [0.5, 0.6) is 11.5 Å². The van der Waals surface area contributed by atoms with Crippen LogP contribution < -0.4 is 9.47 Å². The second-order valence-electron chi connectivity index (χ2n) is 8.28. The minimum atomic E-state index is -0.324. The van der Waals surface area contributed by atoms with Crippen molar-refractivity contribution in [1.29, 1.82) is 0 Å². The van der Waals surface area contributed by atoms with Crippen molar-refractivity contribution in [3.63, 3.8) is 0 Å². The zero-order valence-corrected chi connectivity index (χ0v) is 20.1. The van der Waals surface area contributed by atoms with Crippen molar-refractivity contribution in [2.24, 2.45) is 0 Å². The summed E-state index contributed by atoms with van der Waals surface area (Å²) in [7, 11) is 3.19. The zero-order chi connectivity index (χ0) is 23.8. The minimum Gasteiger partial charge on any atom is -0.493 e. The molecule has 0 atom stereocenters. The van der Waals surface area contributed by atoms with E-state index in [1.165, 1.54) is 23.5 Å². The average Bonchev–Trinajstić information content (AvgIpc) is 3.46. The van der Waals surface area contributed by atoms with Crippen molar-refractivity contribution >= 4 is 28.3 Å². The molecule has 0 aliphatic carbocycles. The van der Waals surface area contributed by atoms with E-state index in [0.717, 1.165) is 34.8 Å². The van der Waals surface area contributed by atoms with Crippen molar-refractivity contribution in [3.8, 4) is 22.9 Å². The van der Waals surface area contributed by atoms with E-state index >= 15 is 0 Å². The van der Waals surface area contributed by atoms with Crippen LogP contribution in [0.2, 0.25) is 0 Å². The summed E-state index contributed by atoms with van der Waals surface area (Å²) in [4.78, 5) is 23.9. The maximum atomic E-state index is 14.0. The number of rotatable bonds is 5. The molecule has 0 spiro atoms. The Morgan fingerprint density at radius 2 is 1.82 bits per heavy atom. The van der Waals surface area contributed by atoms with E-state index in [4.69, 9.17) is 14.5 Å². The number of nitrogens with zero attached hydrogens (tertiary/aromatic N) is 4. The molecule has 2 aromatic carbocycles. The standard InChI is InChI=1S/C25H25FN4O3S/c1-15-27-20(14-34-15)25(31)29-10-8-18(9-11-29)30-21-6-5-17(26)13-19(21)28-24(30)16-4-7-22(32-2)23(12-16)33-3/h4-7,12-14,18H,8-11H2,1-3H3. The molecular formula is C25H25FN4O3S. The third kappa shape index (κ3) is 4.00. The highest BCUT2D eigenvalue weighted by molar-refractivity contribution is 7.09. The summed E-state index contributed by atoms with van der Waals surface area (Å²) >= 11 is 1.48. The maximum absolute atomic E-state index is 14.0. The average molecular weight is 481 g/mol. The normalized spacial score (nSPS) is 14.5. The summed E-state index contributed by atoms with van der Waals surface area (Å²) in [5.41, 5.74) is 2.83. The molecule has 1 fully saturated rings. The number of likely N-dealkylation sites (tertiary alicyclic amines) is 1. The van der Waals surface area contributed by atoms with Gasteiger partial charge in [-0.25, -0.2) is 14.4 Å². The summed E-state index contributed by atoms with van der Waals surface area (Å²) in [5, 5.41) is 2.70. The van der Waals surface area contributed by atoms with Crippen LogP contribution in [0.4, 0.5) is 4.39 Å². The fourth-order valence-corrected chi connectivity index (χ4v) is 5.16. The van der Waals surface area contributed by atoms with Gasteiger partial charge in [0.1, 0.15) is 17.3 Å². The number of hydrogen-bond acceptors (Lipinski definition) is 6. The van der Waals surface area contributed by atoms with Gasteiger partial charge in [0.15, 0.2) is 11.5 Å². The molecule has 0 saturated carbocycles. The molecule has 0 N–H and O–H groups in total. The number of methoxy groups -OCH3 is 2. The second-order valence-corrected chi connectivity index (χ2v) is 9.35. The van der Waals surface area contributed by atoms with Gasteiger partial charge in [-0.1, -0.05) is 0 Å². The largest absolute Gasteiger partial charge is 0.493 e. The van der Waals surface area contributed by atoms with Gasteiger partial charge in [0.05, 0.1) is 30.3 Å². The van der Waals surface area contributed by atoms with E-state index in [1.807, 2.05) is 35.4 Å². The van der Waals surface area contributed by atoms with Crippen LogP contribution in [0, 0.1) is 12.7 Å². The molecule has 0 bridgehead atoms. The predicted molar refractivity (Wildman–Crippen MR) is 129 cm³/mol. The van der Waals surface area contributed by atoms with E-state index in [0.29, 0.717) is 35.8 Å². The van der Waals surface area contributed by atoms with Crippen molar-refractivity contribution in [3.05, 3.63) is 58.3 Å². The van der Waals surface area contributed by atoms with E-state index < -0.39 is 0 Å². The van der Waals surface area contributed by atoms with Crippen LogP contribution in [-0.4, -0.2) is 52.7 Å². The molecule has 2 aromatic heterocycles. The highest BCUT2D eigenvalue weighted by atomic mass is 32.1. The number of amides is 1. The van der Waals surface area contributed by atoms with Crippen LogP contribution in [0.25, 0.3) is 22.4 Å². The van der Waals surface area contributed by atoms with Gasteiger partial charge >= 0.3 is 0 Å². The lowest BCUT2D eigenvalue weighted by Crippen LogP contribution is -2.39. The number of carbonyl (C=O) groups is 1. The number of carbonyl (C=O) groups excluding carboxylic acids is 1. The quantitative estimate of drug-likeness (QED) is 0.397. The Hall–Kier alpha value is -3.46. The SMILES string of the molecule is COc1ccc(-c2nc3cc(F)ccc3n2C2CCN(C(=O)c3csc(C)n3)CC2)cc1OC. The topological polar surface area (TPSA) is 69.5 Å². The first kappa shape index (κ1) is 22.3. The molecule has 9 heteroatoms. The highest BCUT2D eigenvalue weighted by Gasteiger charge is 2.29. The number of piperidine rings is 1. The molecular weight excluding hydrogens is 455 g/mol. The van der Waals surface area contributed by atoms with E-state index in [-0.39, 0.29) is 17.8 Å². The Kier molecular flexibility index (Phi) is 5.95. The molecule has 34 heavy (non-hydrogen) atoms. The molecule has 7 nitrogen and oxygen atoms in total. The molecule has 176 valence electrons. The first-order valence-corrected chi connectivity index (χ1v) is 12.0. The fraction of sp³-hybridized carbons (Fsp3) is 0.320. The second kappa shape index (κ2) is 9.06. The van der Waals surface area contributed by atoms with Crippen molar-refractivity contribution in [2.45, 2.75) is 25.8 Å². The number of ether oxygens (including phenoxy) is 2. The Labute approximate surface area is 200 Å². The summed E-state index contributed by atoms with van der Waals surface area (Å²) in [6.45, 7) is 3.13. The molecule has 1 aliphatic rings. The third-order valence-electron chi connectivity index (χ3n) is 6.25. The predicted octanol–water partition coefficient (Wildman–Crippen LogP) is 5.10. The van der Waals surface area contributed by atoms with Crippen LogP contribution in [0.1, 0.15) is 34.4 Å². The lowest BCUT2D eigenvalue weighted by Gasteiger charge is -2.33. The van der Waals surface area contributed by atoms with Gasteiger partial charge in [0, 0.05) is 36.1 Å². The summed E-state index contributed by atoms with van der Waals surface area (Å²) in [5.74, 6) is 1.62. The van der Waals surface area contributed by atoms with E-state index in [1.54, 1.807) is 20.3 Å². The third-order valence-corrected chi connectivity index (χ3v) is 7.02. The molecule has 0 unspecified atom stereocenters. The molecule has 4 aromatic rings. The van der Waals surface area contributed by atoms with Gasteiger partial charge in [-0.15, -0.1) is 11.3 Å². The molecule has 1 saturated heterocycles. The van der Waals surface area contributed by atoms with Crippen LogP contribution >= 0.6 is 11.3 Å². The van der Waals surface area contributed by atoms with Crippen molar-refractivity contribution < 1.29 is 18.7 Å². The number of aromatic nitrogens is 3. The van der Waals surface area contributed by atoms with Crippen molar-refractivity contribution in [1.82, 2.24) is 19.4 Å². The number of halogens is 1. The number of aryl methyl sites for hydroxylation is 1. The summed E-state index contributed by atoms with van der Waals surface area (Å²) in [6, 6.07) is 10.5. The van der Waals surface area contributed by atoms with Crippen molar-refractivity contribution in [2.75, 3.05) is 27.3 Å². The van der Waals surface area contributed by atoms with Gasteiger partial charge in [-0.05, 0) is 50.1 Å². The Morgan fingerprint density at radius 1 is 1.06 bits per heavy atom. The number of imidazole rings is 1. The zero-order valence-electron chi connectivity index (χ0n) is 19.2. The molecule has 0 radical (unpaired) electrons. The van der Waals surface area contributed by atoms with Gasteiger partial charge in [0.2, 0.25) is 0 Å². The van der Waals surface area contributed by atoms with Gasteiger partial charge in [-0.2, -0.15) is 0 Å². The van der Waals surface area contributed by atoms with Crippen LogP contribution in [-0.2, 0) is 0 Å². The van der Waals surface area contributed by atoms with E-state index in [9.17, 15) is 9.18 Å². The van der Waals surface area contributed by atoms with Crippen LogP contribution in [0.15, 0.2) is 41.8 Å². The number of hydrogen-bond donors (Lipinski definition) is 0. The minimum absolute atomic E-state index is 0.0273. The molecule has 3 heterocycles. The Morgan fingerprint density at radius 3 is 2.50 bits per heavy atom. The summed E-state index contributed by atoms with van der Waals surface area (Å²) < 4.78 is 27.0. The van der Waals surface area contributed by atoms with Crippen LogP contribution in [0.3, 0.4) is 0 Å². The first-order valence-electron chi connectivity index (χ1n) is 11.1. The van der Waals surface area contributed by atoms with Gasteiger partial charge in [0.25, 0.3) is 5.91 Å². The smallest absolute Gasteiger partial charge is 0.273 e. The van der Waals surface area contributed by atoms with Gasteiger partial charge < -0.3 is 18.9 Å². The monoisotopic (exact) mass is 480 g/mol. The fourth-order valence-electron chi connectivity index (χ4n) is 4.57. The molecule has 5 rings (SSSR count). The number of thiazole rings is 1. The molecule has 1 amide bonds. The summed E-state index contributed by atoms with van der Waals surface area (Å²) in [6.07, 6.45) is 1.52. The Balaban J connectivity index is 1.49.